The summed E-state index contributed by atoms with van der Waals surface area (Å²) in [5, 5.41) is 2.74. The van der Waals surface area contributed by atoms with Gasteiger partial charge in [-0.25, -0.2) is 0 Å². The van der Waals surface area contributed by atoms with Crippen LogP contribution in [0.5, 0.6) is 0 Å². The van der Waals surface area contributed by atoms with Crippen molar-refractivity contribution in [3.63, 3.8) is 0 Å². The van der Waals surface area contributed by atoms with Crippen molar-refractivity contribution >= 4 is 33.7 Å². The van der Waals surface area contributed by atoms with Crippen molar-refractivity contribution in [2.45, 2.75) is 25.4 Å². The highest BCUT2D eigenvalue weighted by atomic mass is 32.2. The number of hydrogen-bond acceptors (Lipinski definition) is 1. The van der Waals surface area contributed by atoms with Crippen LogP contribution < -0.4 is 0 Å². The fourth-order valence-electron chi connectivity index (χ4n) is 5.08. The van der Waals surface area contributed by atoms with Gasteiger partial charge in [-0.1, -0.05) is 72.8 Å². The fraction of sp³-hybridized carbons (Fsp3) is 0.143. The first-order valence-corrected chi connectivity index (χ1v) is 11.4. The van der Waals surface area contributed by atoms with Crippen molar-refractivity contribution in [3.8, 4) is 0 Å². The second-order valence-corrected chi connectivity index (χ2v) is 9.12. The first kappa shape index (κ1) is 17.1. The van der Waals surface area contributed by atoms with Gasteiger partial charge < -0.3 is 0 Å². The second kappa shape index (κ2) is 6.37. The van der Waals surface area contributed by atoms with Gasteiger partial charge in [-0.2, -0.15) is 11.8 Å². The predicted molar refractivity (Wildman–Crippen MR) is 126 cm³/mol. The summed E-state index contributed by atoms with van der Waals surface area (Å²) in [5.41, 5.74) is 14.1. The molecule has 0 aromatic heterocycles. The minimum absolute atomic E-state index is 1.06. The number of fused-ring (bicyclic) bond motifs is 8. The van der Waals surface area contributed by atoms with Gasteiger partial charge in [-0.3, -0.25) is 0 Å². The lowest BCUT2D eigenvalue weighted by molar-refractivity contribution is 1.27. The molecular formula is C28H22S. The topological polar surface area (TPSA) is 0 Å². The van der Waals surface area contributed by atoms with Crippen molar-refractivity contribution in [2.75, 3.05) is 0 Å². The van der Waals surface area contributed by atoms with Gasteiger partial charge in [0, 0.05) is 11.5 Å². The summed E-state index contributed by atoms with van der Waals surface area (Å²) in [7, 11) is 0. The van der Waals surface area contributed by atoms with E-state index in [1.807, 2.05) is 11.8 Å². The van der Waals surface area contributed by atoms with Gasteiger partial charge in [0.2, 0.25) is 0 Å². The van der Waals surface area contributed by atoms with E-state index in [1.165, 1.54) is 66.4 Å². The molecule has 0 nitrogen and oxygen atoms in total. The van der Waals surface area contributed by atoms with Gasteiger partial charge >= 0.3 is 0 Å². The minimum atomic E-state index is 1.06. The standard InChI is InChI=1S/C28H22S/c1-17-20-9-5-11-22(17)27-24-13-3-7-19-8-4-14-25(26(19)24)28(27)23-12-6-10-21(18(23)2)16-29-15-20/h3-14H,15-16H2,1-2H3. The van der Waals surface area contributed by atoms with E-state index in [-0.39, 0.29) is 0 Å². The third-order valence-electron chi connectivity index (χ3n) is 6.64. The van der Waals surface area contributed by atoms with Crippen molar-refractivity contribution < 1.29 is 0 Å². The van der Waals surface area contributed by atoms with Crippen LogP contribution in [0.25, 0.3) is 21.9 Å². The first-order valence-electron chi connectivity index (χ1n) is 10.3. The van der Waals surface area contributed by atoms with Crippen LogP contribution in [0.4, 0.5) is 0 Å². The van der Waals surface area contributed by atoms with E-state index in [9.17, 15) is 0 Å². The summed E-state index contributed by atoms with van der Waals surface area (Å²) >= 11 is 2.02. The van der Waals surface area contributed by atoms with Crippen molar-refractivity contribution in [2.24, 2.45) is 0 Å². The summed E-state index contributed by atoms with van der Waals surface area (Å²) in [6.45, 7) is 4.61. The van der Waals surface area contributed by atoms with Crippen LogP contribution in [0.2, 0.25) is 0 Å². The number of rotatable bonds is 0. The lowest BCUT2D eigenvalue weighted by Gasteiger charge is -2.17. The molecule has 1 aliphatic carbocycles. The molecule has 1 aliphatic heterocycles. The molecule has 0 saturated heterocycles. The summed E-state index contributed by atoms with van der Waals surface area (Å²) in [5.74, 6) is 2.12. The van der Waals surface area contributed by atoms with Crippen LogP contribution in [0.1, 0.15) is 44.5 Å². The molecule has 140 valence electrons. The Morgan fingerprint density at radius 2 is 1.00 bits per heavy atom. The SMILES string of the molecule is Cc1c2cccc1C1=C(c3cccc(c3C)CSC2)c2cccc3cccc1c23. The lowest BCUT2D eigenvalue weighted by atomic mass is 9.87. The van der Waals surface area contributed by atoms with Crippen LogP contribution in [0.15, 0.2) is 72.8 Å². The summed E-state index contributed by atoms with van der Waals surface area (Å²) in [4.78, 5) is 0. The Balaban J connectivity index is 1.82. The van der Waals surface area contributed by atoms with Crippen LogP contribution in [0, 0.1) is 13.8 Å². The number of hydrogen-bond donors (Lipinski definition) is 0. The first-order chi connectivity index (χ1) is 14.2. The maximum absolute atomic E-state index is 2.32. The molecule has 1 heterocycles. The maximum atomic E-state index is 2.32. The lowest BCUT2D eigenvalue weighted by Crippen LogP contribution is -1.97. The second-order valence-electron chi connectivity index (χ2n) is 8.13. The molecule has 0 fully saturated rings. The van der Waals surface area contributed by atoms with Gasteiger partial charge in [0.1, 0.15) is 0 Å². The third kappa shape index (κ3) is 2.41. The molecule has 1 heteroatoms. The average Bonchev–Trinajstić information content (AvgIpc) is 3.06. The Bertz CT molecular complexity index is 1240. The average molecular weight is 391 g/mol. The van der Waals surface area contributed by atoms with Crippen molar-refractivity contribution in [1.29, 1.82) is 0 Å². The molecule has 0 unspecified atom stereocenters. The zero-order valence-corrected chi connectivity index (χ0v) is 17.6. The third-order valence-corrected chi connectivity index (χ3v) is 7.67. The normalized spacial score (nSPS) is 14.7. The van der Waals surface area contributed by atoms with Gasteiger partial charge in [-0.15, -0.1) is 0 Å². The molecule has 0 amide bonds. The van der Waals surface area contributed by atoms with Crippen molar-refractivity contribution in [1.82, 2.24) is 0 Å². The van der Waals surface area contributed by atoms with E-state index in [2.05, 4.69) is 86.6 Å². The van der Waals surface area contributed by atoms with E-state index in [0.29, 0.717) is 0 Å². The highest BCUT2D eigenvalue weighted by Gasteiger charge is 2.28. The van der Waals surface area contributed by atoms with Crippen molar-refractivity contribution in [3.05, 3.63) is 117 Å². The number of thioether (sulfide) groups is 1. The Morgan fingerprint density at radius 3 is 1.52 bits per heavy atom. The van der Waals surface area contributed by atoms with Gasteiger partial charge in [0.05, 0.1) is 0 Å². The maximum Gasteiger partial charge on any atom is 0.0190 e. The van der Waals surface area contributed by atoms with Gasteiger partial charge in [0.25, 0.3) is 0 Å². The zero-order valence-electron chi connectivity index (χ0n) is 16.8. The fourth-order valence-corrected chi connectivity index (χ4v) is 6.25. The summed E-state index contributed by atoms with van der Waals surface area (Å²) < 4.78 is 0. The minimum Gasteiger partial charge on any atom is -0.152 e. The molecule has 29 heavy (non-hydrogen) atoms. The molecule has 4 aromatic carbocycles. The van der Waals surface area contributed by atoms with E-state index >= 15 is 0 Å². The van der Waals surface area contributed by atoms with E-state index < -0.39 is 0 Å². The van der Waals surface area contributed by atoms with E-state index in [4.69, 9.17) is 0 Å². The summed E-state index contributed by atoms with van der Waals surface area (Å²) in [6.07, 6.45) is 0. The smallest absolute Gasteiger partial charge is 0.0190 e. The van der Waals surface area contributed by atoms with E-state index in [0.717, 1.165) is 11.5 Å². The molecule has 4 bridgehead atoms. The molecule has 0 saturated carbocycles. The Labute approximate surface area is 176 Å². The molecule has 6 rings (SSSR count). The summed E-state index contributed by atoms with van der Waals surface area (Å²) in [6, 6.07) is 27.3. The molecule has 2 aliphatic rings. The molecule has 0 atom stereocenters. The van der Waals surface area contributed by atoms with Crippen LogP contribution in [0.3, 0.4) is 0 Å². The molecular weight excluding hydrogens is 368 g/mol. The molecule has 4 aromatic rings. The Morgan fingerprint density at radius 1 is 0.552 bits per heavy atom. The monoisotopic (exact) mass is 390 g/mol. The van der Waals surface area contributed by atoms with Crippen LogP contribution >= 0.6 is 11.8 Å². The zero-order chi connectivity index (χ0) is 19.5. The van der Waals surface area contributed by atoms with Gasteiger partial charge in [-0.05, 0) is 80.3 Å². The Hall–Kier alpha value is -2.77. The van der Waals surface area contributed by atoms with Crippen LogP contribution in [-0.4, -0.2) is 0 Å². The van der Waals surface area contributed by atoms with Crippen LogP contribution in [-0.2, 0) is 11.5 Å². The Kier molecular flexibility index (Phi) is 3.76. The number of benzene rings is 4. The highest BCUT2D eigenvalue weighted by Crippen LogP contribution is 2.49. The molecule has 0 N–H and O–H groups in total. The van der Waals surface area contributed by atoms with E-state index in [1.54, 1.807) is 0 Å². The highest BCUT2D eigenvalue weighted by molar-refractivity contribution is 7.97. The largest absolute Gasteiger partial charge is 0.152 e. The molecule has 0 radical (unpaired) electrons. The molecule has 0 spiro atoms. The predicted octanol–water partition coefficient (Wildman–Crippen LogP) is 7.52. The van der Waals surface area contributed by atoms with Gasteiger partial charge in [0.15, 0.2) is 0 Å². The quantitative estimate of drug-likeness (QED) is 0.263.